The summed E-state index contributed by atoms with van der Waals surface area (Å²) < 4.78 is 16.5. The molecule has 0 atom stereocenters. The number of benzene rings is 1. The van der Waals surface area contributed by atoms with Gasteiger partial charge in [0, 0.05) is 19.3 Å². The maximum atomic E-state index is 13.9. The van der Waals surface area contributed by atoms with E-state index in [0.717, 1.165) is 6.20 Å². The number of nitrogens with zero attached hydrogens (tertiary/aromatic N) is 6. The molecule has 10 heteroatoms. The quantitative estimate of drug-likeness (QED) is 0.582. The summed E-state index contributed by atoms with van der Waals surface area (Å²) in [6.07, 6.45) is 4.05. The van der Waals surface area contributed by atoms with Gasteiger partial charge in [-0.1, -0.05) is 6.07 Å². The van der Waals surface area contributed by atoms with E-state index in [1.165, 1.54) is 45.7 Å². The van der Waals surface area contributed by atoms with Gasteiger partial charge in [0.1, 0.15) is 23.4 Å². The van der Waals surface area contributed by atoms with Crippen molar-refractivity contribution in [3.63, 3.8) is 0 Å². The highest BCUT2D eigenvalue weighted by atomic mass is 19.1. The first-order valence-electron chi connectivity index (χ1n) is 8.10. The number of halogens is 1. The summed E-state index contributed by atoms with van der Waals surface area (Å²) >= 11 is 0. The van der Waals surface area contributed by atoms with Crippen LogP contribution in [0.15, 0.2) is 55.1 Å². The molecular formula is C18H13FN6O3. The van der Waals surface area contributed by atoms with Gasteiger partial charge in [0.2, 0.25) is 0 Å². The Morgan fingerprint density at radius 3 is 2.68 bits per heavy atom. The topological polar surface area (TPSA) is 106 Å². The van der Waals surface area contributed by atoms with Crippen molar-refractivity contribution in [2.75, 3.05) is 4.90 Å². The summed E-state index contributed by atoms with van der Waals surface area (Å²) in [4.78, 5) is 30.2. The highest BCUT2D eigenvalue weighted by Gasteiger charge is 2.28. The molecule has 3 heterocycles. The van der Waals surface area contributed by atoms with Crippen LogP contribution in [0.3, 0.4) is 0 Å². The first-order valence-corrected chi connectivity index (χ1v) is 8.10. The molecule has 0 aliphatic carbocycles. The van der Waals surface area contributed by atoms with Crippen molar-refractivity contribution in [3.05, 3.63) is 72.2 Å². The van der Waals surface area contributed by atoms with Crippen LogP contribution in [0.5, 0.6) is 0 Å². The number of aromatic nitrogens is 5. The lowest BCUT2D eigenvalue weighted by atomic mass is 10.1. The summed E-state index contributed by atoms with van der Waals surface area (Å²) in [6, 6.07) is 8.63. The van der Waals surface area contributed by atoms with Gasteiger partial charge in [0.25, 0.3) is 5.91 Å². The van der Waals surface area contributed by atoms with Crippen LogP contribution in [0, 0.1) is 5.82 Å². The molecule has 28 heavy (non-hydrogen) atoms. The summed E-state index contributed by atoms with van der Waals surface area (Å²) in [6.45, 7) is 0. The minimum Gasteiger partial charge on any atom is -0.478 e. The van der Waals surface area contributed by atoms with Crippen LogP contribution in [-0.2, 0) is 7.05 Å². The molecule has 0 saturated heterocycles. The van der Waals surface area contributed by atoms with Gasteiger partial charge in [-0.3, -0.25) is 14.4 Å². The molecule has 1 aromatic carbocycles. The lowest BCUT2D eigenvalue weighted by Gasteiger charge is -2.23. The Morgan fingerprint density at radius 1 is 1.14 bits per heavy atom. The summed E-state index contributed by atoms with van der Waals surface area (Å²) in [5, 5.41) is 17.3. The fourth-order valence-corrected chi connectivity index (χ4v) is 2.90. The molecule has 4 aromatic rings. The van der Waals surface area contributed by atoms with Crippen molar-refractivity contribution in [1.29, 1.82) is 0 Å². The number of carboxylic acids is 1. The van der Waals surface area contributed by atoms with Crippen LogP contribution in [0.25, 0.3) is 5.65 Å². The van der Waals surface area contributed by atoms with Crippen LogP contribution in [-0.4, -0.2) is 41.4 Å². The van der Waals surface area contributed by atoms with E-state index in [-0.39, 0.29) is 16.9 Å². The summed E-state index contributed by atoms with van der Waals surface area (Å²) in [5.74, 6) is -2.50. The highest BCUT2D eigenvalue weighted by Crippen LogP contribution is 2.29. The highest BCUT2D eigenvalue weighted by molar-refractivity contribution is 6.14. The number of rotatable bonds is 4. The number of carbonyl (C=O) groups is 2. The van der Waals surface area contributed by atoms with Crippen LogP contribution in [0.1, 0.15) is 20.8 Å². The third-order valence-electron chi connectivity index (χ3n) is 4.16. The first-order chi connectivity index (χ1) is 13.5. The van der Waals surface area contributed by atoms with E-state index >= 15 is 0 Å². The molecule has 3 aromatic heterocycles. The molecule has 9 nitrogen and oxygen atoms in total. The fourth-order valence-electron chi connectivity index (χ4n) is 2.90. The Hall–Kier alpha value is -4.08. The largest absolute Gasteiger partial charge is 0.478 e. The van der Waals surface area contributed by atoms with E-state index in [2.05, 4.69) is 15.2 Å². The Kier molecular flexibility index (Phi) is 4.07. The average molecular weight is 380 g/mol. The van der Waals surface area contributed by atoms with Gasteiger partial charge >= 0.3 is 5.97 Å². The van der Waals surface area contributed by atoms with Crippen LogP contribution in [0.4, 0.5) is 15.8 Å². The molecule has 1 N–H and O–H groups in total. The number of hydrogen-bond acceptors (Lipinski definition) is 5. The van der Waals surface area contributed by atoms with Crippen molar-refractivity contribution in [2.24, 2.45) is 7.05 Å². The molecule has 0 saturated carbocycles. The van der Waals surface area contributed by atoms with Crippen molar-refractivity contribution >= 4 is 28.9 Å². The number of hydrogen-bond donors (Lipinski definition) is 1. The second-order valence-corrected chi connectivity index (χ2v) is 5.90. The molecule has 0 bridgehead atoms. The number of aromatic carboxylic acids is 1. The van der Waals surface area contributed by atoms with Crippen molar-refractivity contribution in [2.45, 2.75) is 0 Å². The van der Waals surface area contributed by atoms with E-state index in [0.29, 0.717) is 11.3 Å². The zero-order valence-corrected chi connectivity index (χ0v) is 14.5. The van der Waals surface area contributed by atoms with Crippen molar-refractivity contribution in [3.8, 4) is 0 Å². The number of aryl methyl sites for hydroxylation is 1. The molecule has 0 radical (unpaired) electrons. The Balaban J connectivity index is 1.92. The van der Waals surface area contributed by atoms with Crippen LogP contribution >= 0.6 is 0 Å². The third kappa shape index (κ3) is 2.86. The minimum atomic E-state index is -1.29. The van der Waals surface area contributed by atoms with Gasteiger partial charge in [-0.2, -0.15) is 10.2 Å². The molecule has 1 amide bonds. The molecular weight excluding hydrogens is 367 g/mol. The summed E-state index contributed by atoms with van der Waals surface area (Å²) in [5.41, 5.74) is 0.672. The number of carbonyl (C=O) groups excluding carboxylic acids is 1. The summed E-state index contributed by atoms with van der Waals surface area (Å²) in [7, 11) is 1.46. The average Bonchev–Trinajstić information content (AvgIpc) is 3.27. The Labute approximate surface area is 157 Å². The molecule has 0 aliphatic rings. The van der Waals surface area contributed by atoms with Gasteiger partial charge in [-0.15, -0.1) is 0 Å². The van der Waals surface area contributed by atoms with E-state index in [4.69, 9.17) is 0 Å². The van der Waals surface area contributed by atoms with Crippen molar-refractivity contribution < 1.29 is 19.1 Å². The Morgan fingerprint density at radius 2 is 1.93 bits per heavy atom. The number of fused-ring (bicyclic) bond motifs is 1. The van der Waals surface area contributed by atoms with E-state index in [1.807, 2.05) is 0 Å². The first kappa shape index (κ1) is 17.3. The van der Waals surface area contributed by atoms with Gasteiger partial charge < -0.3 is 5.11 Å². The number of amides is 1. The predicted octanol–water partition coefficient (Wildman–Crippen LogP) is 2.28. The molecule has 0 aliphatic heterocycles. The van der Waals surface area contributed by atoms with Gasteiger partial charge in [-0.05, 0) is 24.3 Å². The second kappa shape index (κ2) is 6.58. The molecule has 140 valence electrons. The zero-order valence-electron chi connectivity index (χ0n) is 14.5. The molecule has 0 spiro atoms. The minimum absolute atomic E-state index is 0.141. The maximum absolute atomic E-state index is 13.9. The van der Waals surface area contributed by atoms with E-state index in [1.54, 1.807) is 24.4 Å². The monoisotopic (exact) mass is 380 g/mol. The molecule has 4 rings (SSSR count). The van der Waals surface area contributed by atoms with Gasteiger partial charge in [0.05, 0.1) is 17.6 Å². The SMILES string of the molecule is Cn1ncc(C(=O)O)c1C(=O)N(c1cccc(F)c1)c1ccn2ncnc2c1. The van der Waals surface area contributed by atoms with Crippen LogP contribution < -0.4 is 4.90 Å². The number of anilines is 2. The Bertz CT molecular complexity index is 1210. The van der Waals surface area contributed by atoms with E-state index < -0.39 is 17.7 Å². The van der Waals surface area contributed by atoms with E-state index in [9.17, 15) is 19.1 Å². The van der Waals surface area contributed by atoms with Gasteiger partial charge in [-0.25, -0.2) is 18.7 Å². The van der Waals surface area contributed by atoms with Gasteiger partial charge in [0.15, 0.2) is 5.65 Å². The smallest absolute Gasteiger partial charge is 0.339 e. The van der Waals surface area contributed by atoms with Crippen molar-refractivity contribution in [1.82, 2.24) is 24.4 Å². The fraction of sp³-hybridized carbons (Fsp3) is 0.0556. The number of pyridine rings is 1. The maximum Gasteiger partial charge on any atom is 0.339 e. The second-order valence-electron chi connectivity index (χ2n) is 5.90. The lowest BCUT2D eigenvalue weighted by Crippen LogP contribution is -2.29. The zero-order chi connectivity index (χ0) is 19.8. The third-order valence-corrected chi connectivity index (χ3v) is 4.16. The number of carboxylic acid groups (broad SMARTS) is 1. The molecule has 0 unspecified atom stereocenters. The predicted molar refractivity (Wildman–Crippen MR) is 96.0 cm³/mol. The standard InChI is InChI=1S/C18H13FN6O3/c1-23-16(14(9-21-23)18(27)28)17(26)25(12-4-2-3-11(19)7-12)13-5-6-24-15(8-13)20-10-22-24/h2-10H,1H3,(H,27,28). The molecule has 0 fully saturated rings. The normalized spacial score (nSPS) is 10.9. The van der Waals surface area contributed by atoms with Crippen LogP contribution in [0.2, 0.25) is 0 Å². The lowest BCUT2D eigenvalue weighted by molar-refractivity contribution is 0.0691.